The lowest BCUT2D eigenvalue weighted by Gasteiger charge is -2.33. The summed E-state index contributed by atoms with van der Waals surface area (Å²) in [5.41, 5.74) is 0.603. The molecule has 17 heavy (non-hydrogen) atoms. The standard InChI is InChI=1S/C15H30N2/c1-15(8-3-2-4-9-15)14-16-10-7-13-17-11-5-6-12-17/h16H,2-14H2,1H3. The van der Waals surface area contributed by atoms with Crippen molar-refractivity contribution in [1.82, 2.24) is 10.2 Å². The van der Waals surface area contributed by atoms with Gasteiger partial charge in [0, 0.05) is 6.54 Å². The van der Waals surface area contributed by atoms with Gasteiger partial charge in [-0.3, -0.25) is 0 Å². The molecule has 1 saturated carbocycles. The van der Waals surface area contributed by atoms with E-state index >= 15 is 0 Å². The van der Waals surface area contributed by atoms with Crippen molar-refractivity contribution in [2.45, 2.75) is 58.3 Å². The number of hydrogen-bond acceptors (Lipinski definition) is 2. The van der Waals surface area contributed by atoms with Crippen LogP contribution in [0.3, 0.4) is 0 Å². The number of hydrogen-bond donors (Lipinski definition) is 1. The van der Waals surface area contributed by atoms with Crippen molar-refractivity contribution in [3.8, 4) is 0 Å². The van der Waals surface area contributed by atoms with Crippen molar-refractivity contribution in [3.63, 3.8) is 0 Å². The summed E-state index contributed by atoms with van der Waals surface area (Å²) in [6.07, 6.45) is 11.4. The van der Waals surface area contributed by atoms with Crippen molar-refractivity contribution in [2.75, 3.05) is 32.7 Å². The zero-order chi connectivity index (χ0) is 12.0. The topological polar surface area (TPSA) is 15.3 Å². The Balaban J connectivity index is 1.50. The molecule has 0 aromatic heterocycles. The maximum absolute atomic E-state index is 3.69. The van der Waals surface area contributed by atoms with E-state index in [4.69, 9.17) is 0 Å². The van der Waals surface area contributed by atoms with Gasteiger partial charge in [0.15, 0.2) is 0 Å². The lowest BCUT2D eigenvalue weighted by atomic mass is 9.76. The minimum absolute atomic E-state index is 0.603. The van der Waals surface area contributed by atoms with Gasteiger partial charge in [0.05, 0.1) is 0 Å². The monoisotopic (exact) mass is 238 g/mol. The SMILES string of the molecule is CC1(CNCCCN2CCCC2)CCCCC1. The third-order valence-electron chi connectivity index (χ3n) is 4.64. The van der Waals surface area contributed by atoms with Crippen LogP contribution in [0.15, 0.2) is 0 Å². The lowest BCUT2D eigenvalue weighted by Crippen LogP contribution is -2.35. The number of nitrogens with zero attached hydrogens (tertiary/aromatic N) is 1. The van der Waals surface area contributed by atoms with E-state index in [1.54, 1.807) is 0 Å². The van der Waals surface area contributed by atoms with Gasteiger partial charge in [-0.25, -0.2) is 0 Å². The van der Waals surface area contributed by atoms with Gasteiger partial charge < -0.3 is 10.2 Å². The number of likely N-dealkylation sites (tertiary alicyclic amines) is 1. The van der Waals surface area contributed by atoms with Crippen LogP contribution in [-0.2, 0) is 0 Å². The molecule has 2 heteroatoms. The van der Waals surface area contributed by atoms with Crippen LogP contribution in [0, 0.1) is 5.41 Å². The fraction of sp³-hybridized carbons (Fsp3) is 1.00. The maximum atomic E-state index is 3.69. The first-order chi connectivity index (χ1) is 8.29. The predicted molar refractivity (Wildman–Crippen MR) is 74.4 cm³/mol. The van der Waals surface area contributed by atoms with E-state index in [1.165, 1.54) is 84.1 Å². The molecule has 1 saturated heterocycles. The van der Waals surface area contributed by atoms with E-state index in [0.717, 1.165) is 0 Å². The molecule has 2 rings (SSSR count). The summed E-state index contributed by atoms with van der Waals surface area (Å²) in [5.74, 6) is 0. The first kappa shape index (κ1) is 13.4. The van der Waals surface area contributed by atoms with Crippen LogP contribution >= 0.6 is 0 Å². The van der Waals surface area contributed by atoms with Crippen LogP contribution in [0.5, 0.6) is 0 Å². The van der Waals surface area contributed by atoms with E-state index < -0.39 is 0 Å². The van der Waals surface area contributed by atoms with Crippen molar-refractivity contribution < 1.29 is 0 Å². The summed E-state index contributed by atoms with van der Waals surface area (Å²) in [5, 5.41) is 3.69. The number of nitrogens with one attached hydrogen (secondary N) is 1. The average Bonchev–Trinajstić information content (AvgIpc) is 2.82. The van der Waals surface area contributed by atoms with Crippen LogP contribution in [0.1, 0.15) is 58.3 Å². The Bertz CT molecular complexity index is 203. The first-order valence-electron chi connectivity index (χ1n) is 7.72. The third-order valence-corrected chi connectivity index (χ3v) is 4.64. The van der Waals surface area contributed by atoms with Gasteiger partial charge >= 0.3 is 0 Å². The molecule has 0 amide bonds. The van der Waals surface area contributed by atoms with Crippen molar-refractivity contribution >= 4 is 0 Å². The molecular formula is C15H30N2. The van der Waals surface area contributed by atoms with E-state index in [2.05, 4.69) is 17.1 Å². The fourth-order valence-corrected chi connectivity index (χ4v) is 3.41. The van der Waals surface area contributed by atoms with Crippen LogP contribution < -0.4 is 5.32 Å². The molecule has 0 atom stereocenters. The first-order valence-corrected chi connectivity index (χ1v) is 7.72. The Morgan fingerprint density at radius 3 is 2.41 bits per heavy atom. The summed E-state index contributed by atoms with van der Waals surface area (Å²) < 4.78 is 0. The molecule has 0 aromatic rings. The normalized spacial score (nSPS) is 25.2. The fourth-order valence-electron chi connectivity index (χ4n) is 3.41. The Kier molecular flexibility index (Phi) is 5.30. The van der Waals surface area contributed by atoms with E-state index in [9.17, 15) is 0 Å². The second-order valence-electron chi connectivity index (χ2n) is 6.45. The predicted octanol–water partition coefficient (Wildman–Crippen LogP) is 3.03. The Morgan fingerprint density at radius 1 is 1.00 bits per heavy atom. The second-order valence-corrected chi connectivity index (χ2v) is 6.45. The molecule has 2 fully saturated rings. The summed E-state index contributed by atoms with van der Waals surface area (Å²) in [6.45, 7) is 8.93. The van der Waals surface area contributed by atoms with Crippen LogP contribution in [0.2, 0.25) is 0 Å². The molecule has 100 valence electrons. The van der Waals surface area contributed by atoms with Gasteiger partial charge in [-0.2, -0.15) is 0 Å². The highest BCUT2D eigenvalue weighted by Gasteiger charge is 2.25. The highest BCUT2D eigenvalue weighted by molar-refractivity contribution is 4.80. The van der Waals surface area contributed by atoms with Crippen LogP contribution in [-0.4, -0.2) is 37.6 Å². The minimum atomic E-state index is 0.603. The van der Waals surface area contributed by atoms with Crippen molar-refractivity contribution in [2.24, 2.45) is 5.41 Å². The van der Waals surface area contributed by atoms with Gasteiger partial charge in [0.2, 0.25) is 0 Å². The Labute approximate surface area is 107 Å². The van der Waals surface area contributed by atoms with Crippen LogP contribution in [0.25, 0.3) is 0 Å². The molecule has 0 spiro atoms. The van der Waals surface area contributed by atoms with Crippen LogP contribution in [0.4, 0.5) is 0 Å². The smallest absolute Gasteiger partial charge is 0.000517 e. The highest BCUT2D eigenvalue weighted by Crippen LogP contribution is 2.34. The minimum Gasteiger partial charge on any atom is -0.316 e. The zero-order valence-corrected chi connectivity index (χ0v) is 11.6. The second kappa shape index (κ2) is 6.75. The van der Waals surface area contributed by atoms with E-state index in [1.807, 2.05) is 0 Å². The lowest BCUT2D eigenvalue weighted by molar-refractivity contribution is 0.206. The summed E-state index contributed by atoms with van der Waals surface area (Å²) in [7, 11) is 0. The molecule has 2 aliphatic rings. The molecule has 2 nitrogen and oxygen atoms in total. The molecule has 0 bridgehead atoms. The average molecular weight is 238 g/mol. The number of rotatable bonds is 6. The summed E-state index contributed by atoms with van der Waals surface area (Å²) in [6, 6.07) is 0. The Hall–Kier alpha value is -0.0800. The highest BCUT2D eigenvalue weighted by atomic mass is 15.1. The summed E-state index contributed by atoms with van der Waals surface area (Å²) in [4.78, 5) is 2.62. The van der Waals surface area contributed by atoms with E-state index in [-0.39, 0.29) is 0 Å². The van der Waals surface area contributed by atoms with Gasteiger partial charge in [0.25, 0.3) is 0 Å². The summed E-state index contributed by atoms with van der Waals surface area (Å²) >= 11 is 0. The zero-order valence-electron chi connectivity index (χ0n) is 11.6. The quantitative estimate of drug-likeness (QED) is 0.716. The van der Waals surface area contributed by atoms with Gasteiger partial charge in [-0.15, -0.1) is 0 Å². The Morgan fingerprint density at radius 2 is 1.71 bits per heavy atom. The molecular weight excluding hydrogens is 208 g/mol. The molecule has 0 radical (unpaired) electrons. The van der Waals surface area contributed by atoms with E-state index in [0.29, 0.717) is 5.41 Å². The largest absolute Gasteiger partial charge is 0.316 e. The molecule has 0 unspecified atom stereocenters. The van der Waals surface area contributed by atoms with Gasteiger partial charge in [-0.1, -0.05) is 26.2 Å². The molecule has 1 heterocycles. The molecule has 1 aliphatic heterocycles. The van der Waals surface area contributed by atoms with Gasteiger partial charge in [-0.05, 0) is 63.7 Å². The molecule has 1 aliphatic carbocycles. The maximum Gasteiger partial charge on any atom is 0.000517 e. The third kappa shape index (κ3) is 4.59. The van der Waals surface area contributed by atoms with Crippen molar-refractivity contribution in [1.29, 1.82) is 0 Å². The molecule has 0 aromatic carbocycles. The molecule has 1 N–H and O–H groups in total. The van der Waals surface area contributed by atoms with Crippen molar-refractivity contribution in [3.05, 3.63) is 0 Å². The van der Waals surface area contributed by atoms with Gasteiger partial charge in [0.1, 0.15) is 0 Å².